The predicted molar refractivity (Wildman–Crippen MR) is 148 cm³/mol. The number of amides is 1. The lowest BCUT2D eigenvalue weighted by atomic mass is 10.1. The van der Waals surface area contributed by atoms with E-state index in [4.69, 9.17) is 9.15 Å². The second-order valence-electron chi connectivity index (χ2n) is 9.40. The lowest BCUT2D eigenvalue weighted by Gasteiger charge is -2.21. The number of ether oxygens (including phenoxy) is 1. The Kier molecular flexibility index (Phi) is 7.85. The summed E-state index contributed by atoms with van der Waals surface area (Å²) in [6.07, 6.45) is 4.37. The zero-order valence-electron chi connectivity index (χ0n) is 21.7. The molecule has 0 unspecified atom stereocenters. The summed E-state index contributed by atoms with van der Waals surface area (Å²) >= 11 is 0. The highest BCUT2D eigenvalue weighted by Crippen LogP contribution is 2.21. The van der Waals surface area contributed by atoms with Crippen LogP contribution in [0, 0.1) is 0 Å². The average Bonchev–Trinajstić information content (AvgIpc) is 3.59. The van der Waals surface area contributed by atoms with Crippen LogP contribution in [0.4, 0.5) is 0 Å². The minimum Gasteiger partial charge on any atom is -0.497 e. The van der Waals surface area contributed by atoms with Crippen molar-refractivity contribution in [2.75, 3.05) is 13.7 Å². The van der Waals surface area contributed by atoms with E-state index in [0.29, 0.717) is 19.0 Å². The molecule has 0 aliphatic carbocycles. The number of aromatic amines is 1. The van der Waals surface area contributed by atoms with Crippen LogP contribution in [0.15, 0.2) is 95.7 Å². The van der Waals surface area contributed by atoms with Gasteiger partial charge in [0, 0.05) is 30.2 Å². The van der Waals surface area contributed by atoms with Gasteiger partial charge in [0.15, 0.2) is 5.69 Å². The molecule has 0 spiro atoms. The third-order valence-corrected chi connectivity index (χ3v) is 6.70. The van der Waals surface area contributed by atoms with Crippen LogP contribution < -0.4 is 10.1 Å². The molecule has 0 fully saturated rings. The largest absolute Gasteiger partial charge is 0.497 e. The lowest BCUT2D eigenvalue weighted by molar-refractivity contribution is 0.0934. The van der Waals surface area contributed by atoms with Gasteiger partial charge in [-0.2, -0.15) is 0 Å². The summed E-state index contributed by atoms with van der Waals surface area (Å²) in [4.78, 5) is 23.0. The van der Waals surface area contributed by atoms with E-state index in [1.165, 1.54) is 17.2 Å². The highest BCUT2D eigenvalue weighted by Gasteiger charge is 2.18. The highest BCUT2D eigenvalue weighted by atomic mass is 16.5. The van der Waals surface area contributed by atoms with E-state index >= 15 is 0 Å². The van der Waals surface area contributed by atoms with E-state index in [0.717, 1.165) is 35.4 Å². The van der Waals surface area contributed by atoms with Gasteiger partial charge in [0.25, 0.3) is 5.91 Å². The smallest absolute Gasteiger partial charge is 0.273 e. The summed E-state index contributed by atoms with van der Waals surface area (Å²) in [6, 6.07) is 26.1. The lowest BCUT2D eigenvalue weighted by Crippen LogP contribution is -2.27. The minimum absolute atomic E-state index is 0.135. The first kappa shape index (κ1) is 25.3. The van der Waals surface area contributed by atoms with Crippen LogP contribution in [0.25, 0.3) is 10.9 Å². The maximum atomic E-state index is 12.8. The van der Waals surface area contributed by atoms with Crippen LogP contribution in [0.1, 0.15) is 46.0 Å². The number of carbonyl (C=O) groups is 1. The Morgan fingerprint density at radius 1 is 1.05 bits per heavy atom. The van der Waals surface area contributed by atoms with E-state index in [1.54, 1.807) is 7.11 Å². The second kappa shape index (κ2) is 11.8. The number of fused-ring (bicyclic) bond motifs is 1. The first-order chi connectivity index (χ1) is 18.6. The van der Waals surface area contributed by atoms with Gasteiger partial charge in [0.1, 0.15) is 12.0 Å². The van der Waals surface area contributed by atoms with Gasteiger partial charge >= 0.3 is 0 Å². The molecular weight excluding hydrogens is 476 g/mol. The molecule has 3 aromatic carbocycles. The third kappa shape index (κ3) is 6.12. The van der Waals surface area contributed by atoms with Crippen LogP contribution >= 0.6 is 0 Å². The number of hydrogen-bond donors (Lipinski definition) is 2. The summed E-state index contributed by atoms with van der Waals surface area (Å²) in [7, 11) is 1.67. The monoisotopic (exact) mass is 508 g/mol. The first-order valence-electron chi connectivity index (χ1n) is 12.8. The maximum absolute atomic E-state index is 12.8. The fraction of sp³-hybridized carbons (Fsp3) is 0.226. The molecule has 7 heteroatoms. The SMILES string of the molecule is COc1cccc(CN(CCc2c[nH]c3ccccc23)Cc2nc(C(=O)N[C@@H](C)c3ccccc3)co2)c1. The van der Waals surface area contributed by atoms with E-state index in [-0.39, 0.29) is 17.6 Å². The zero-order valence-corrected chi connectivity index (χ0v) is 21.7. The number of aromatic nitrogens is 2. The fourth-order valence-corrected chi connectivity index (χ4v) is 4.63. The average molecular weight is 509 g/mol. The highest BCUT2D eigenvalue weighted by molar-refractivity contribution is 5.92. The molecule has 2 N–H and O–H groups in total. The van der Waals surface area contributed by atoms with Gasteiger partial charge in [-0.15, -0.1) is 0 Å². The van der Waals surface area contributed by atoms with Gasteiger partial charge in [-0.25, -0.2) is 4.98 Å². The molecule has 2 heterocycles. The zero-order chi connectivity index (χ0) is 26.3. The van der Waals surface area contributed by atoms with Gasteiger partial charge in [-0.3, -0.25) is 9.69 Å². The Balaban J connectivity index is 1.29. The topological polar surface area (TPSA) is 83.4 Å². The molecule has 0 radical (unpaired) electrons. The molecule has 0 aliphatic heterocycles. The quantitative estimate of drug-likeness (QED) is 0.232. The normalized spacial score (nSPS) is 12.1. The molecule has 7 nitrogen and oxygen atoms in total. The summed E-state index contributed by atoms with van der Waals surface area (Å²) in [6.45, 7) is 3.90. The fourth-order valence-electron chi connectivity index (χ4n) is 4.63. The van der Waals surface area contributed by atoms with E-state index < -0.39 is 0 Å². The van der Waals surface area contributed by atoms with E-state index in [1.807, 2.05) is 61.5 Å². The first-order valence-corrected chi connectivity index (χ1v) is 12.8. The molecule has 1 atom stereocenters. The molecule has 2 aromatic heterocycles. The molecule has 0 saturated heterocycles. The number of oxazole rings is 1. The third-order valence-electron chi connectivity index (χ3n) is 6.70. The van der Waals surface area contributed by atoms with Crippen LogP contribution in [0.5, 0.6) is 5.75 Å². The summed E-state index contributed by atoms with van der Waals surface area (Å²) in [5.41, 5.74) is 4.84. The van der Waals surface area contributed by atoms with Gasteiger partial charge in [0.05, 0.1) is 19.7 Å². The van der Waals surface area contributed by atoms with Crippen molar-refractivity contribution >= 4 is 16.8 Å². The number of carbonyl (C=O) groups excluding carboxylic acids is 1. The molecule has 38 heavy (non-hydrogen) atoms. The molecule has 194 valence electrons. The Hall–Kier alpha value is -4.36. The molecule has 0 saturated carbocycles. The Bertz CT molecular complexity index is 1490. The number of methoxy groups -OCH3 is 1. The van der Waals surface area contributed by atoms with Crippen LogP contribution in [0.2, 0.25) is 0 Å². The van der Waals surface area contributed by atoms with Gasteiger partial charge in [-0.05, 0) is 48.2 Å². The Morgan fingerprint density at radius 2 is 1.87 bits per heavy atom. The molecule has 5 rings (SSSR count). The molecule has 0 aliphatic rings. The summed E-state index contributed by atoms with van der Waals surface area (Å²) in [5.74, 6) is 1.07. The standard InChI is InChI=1S/C31H32N4O3/c1-22(24-10-4-3-5-11-24)33-31(36)29-21-38-30(34-29)20-35(19-23-9-8-12-26(17-23)37-2)16-15-25-18-32-28-14-7-6-13-27(25)28/h3-14,17-18,21-22,32H,15-16,19-20H2,1-2H3,(H,33,36)/t22-/m0/s1. The van der Waals surface area contributed by atoms with Crippen molar-refractivity contribution in [3.05, 3.63) is 120 Å². The maximum Gasteiger partial charge on any atom is 0.273 e. The van der Waals surface area contributed by atoms with Crippen molar-refractivity contribution in [1.29, 1.82) is 0 Å². The number of para-hydroxylation sites is 1. The summed E-state index contributed by atoms with van der Waals surface area (Å²) in [5, 5.41) is 4.23. The number of H-pyrrole nitrogens is 1. The van der Waals surface area contributed by atoms with Crippen molar-refractivity contribution in [2.45, 2.75) is 32.5 Å². The number of benzene rings is 3. The van der Waals surface area contributed by atoms with Crippen LogP contribution in [-0.2, 0) is 19.5 Å². The Labute approximate surface area is 222 Å². The molecule has 1 amide bonds. The van der Waals surface area contributed by atoms with Gasteiger partial charge in [-0.1, -0.05) is 60.7 Å². The number of hydrogen-bond acceptors (Lipinski definition) is 5. The molecule has 5 aromatic rings. The van der Waals surface area contributed by atoms with Crippen molar-refractivity contribution in [3.8, 4) is 5.75 Å². The molecular formula is C31H32N4O3. The number of rotatable bonds is 11. The van der Waals surface area contributed by atoms with Crippen molar-refractivity contribution in [3.63, 3.8) is 0 Å². The second-order valence-corrected chi connectivity index (χ2v) is 9.40. The van der Waals surface area contributed by atoms with Crippen LogP contribution in [-0.4, -0.2) is 34.4 Å². The van der Waals surface area contributed by atoms with E-state index in [2.05, 4.69) is 50.6 Å². The summed E-state index contributed by atoms with van der Waals surface area (Å²) < 4.78 is 11.2. The van der Waals surface area contributed by atoms with Crippen molar-refractivity contribution < 1.29 is 13.9 Å². The van der Waals surface area contributed by atoms with Crippen molar-refractivity contribution in [1.82, 2.24) is 20.2 Å². The number of nitrogens with zero attached hydrogens (tertiary/aromatic N) is 2. The van der Waals surface area contributed by atoms with Gasteiger partial charge < -0.3 is 19.5 Å². The van der Waals surface area contributed by atoms with Crippen LogP contribution in [0.3, 0.4) is 0 Å². The Morgan fingerprint density at radius 3 is 2.71 bits per heavy atom. The van der Waals surface area contributed by atoms with E-state index in [9.17, 15) is 4.79 Å². The predicted octanol–water partition coefficient (Wildman–Crippen LogP) is 5.90. The van der Waals surface area contributed by atoms with Gasteiger partial charge in [0.2, 0.25) is 5.89 Å². The minimum atomic E-state index is -0.255. The molecule has 0 bridgehead atoms. The van der Waals surface area contributed by atoms with Crippen molar-refractivity contribution in [2.24, 2.45) is 0 Å². The number of nitrogens with one attached hydrogen (secondary N) is 2.